The Hall–Kier alpha value is -2.34. The fourth-order valence-corrected chi connectivity index (χ4v) is 4.25. The van der Waals surface area contributed by atoms with Gasteiger partial charge in [0, 0.05) is 5.69 Å². The molecule has 1 atom stereocenters. The maximum absolute atomic E-state index is 13.0. The molecule has 1 amide bonds. The fourth-order valence-electron chi connectivity index (χ4n) is 3.07. The van der Waals surface area contributed by atoms with Crippen LogP contribution < -0.4 is 9.62 Å². The monoisotopic (exact) mass is 388 g/mol. The number of carbonyl (C=O) groups excluding carboxylic acids is 1. The van der Waals surface area contributed by atoms with E-state index in [1.54, 1.807) is 19.1 Å². The zero-order valence-corrected chi connectivity index (χ0v) is 17.6. The lowest BCUT2D eigenvalue weighted by atomic mass is 9.98. The van der Waals surface area contributed by atoms with Crippen LogP contribution >= 0.6 is 0 Å². The zero-order valence-electron chi connectivity index (χ0n) is 16.8. The van der Waals surface area contributed by atoms with Crippen LogP contribution in [0.4, 0.5) is 11.4 Å². The van der Waals surface area contributed by atoms with Gasteiger partial charge in [-0.1, -0.05) is 49.7 Å². The van der Waals surface area contributed by atoms with Gasteiger partial charge in [0.2, 0.25) is 15.9 Å². The van der Waals surface area contributed by atoms with Crippen molar-refractivity contribution in [1.29, 1.82) is 0 Å². The molecule has 2 aromatic carbocycles. The van der Waals surface area contributed by atoms with Crippen LogP contribution in [0.5, 0.6) is 0 Å². The highest BCUT2D eigenvalue weighted by Crippen LogP contribution is 2.28. The number of para-hydroxylation sites is 1. The molecule has 146 valence electrons. The van der Waals surface area contributed by atoms with E-state index in [-0.39, 0.29) is 11.8 Å². The van der Waals surface area contributed by atoms with Crippen molar-refractivity contribution < 1.29 is 13.2 Å². The molecule has 0 spiro atoms. The van der Waals surface area contributed by atoms with Gasteiger partial charge in [0.1, 0.15) is 6.04 Å². The van der Waals surface area contributed by atoms with E-state index in [4.69, 9.17) is 0 Å². The fraction of sp³-hybridized carbons (Fsp3) is 0.381. The predicted octanol–water partition coefficient (Wildman–Crippen LogP) is 4.22. The summed E-state index contributed by atoms with van der Waals surface area (Å²) in [5.74, 6) is -0.129. The number of nitrogens with one attached hydrogen (secondary N) is 1. The van der Waals surface area contributed by atoms with E-state index in [0.29, 0.717) is 5.69 Å². The van der Waals surface area contributed by atoms with Gasteiger partial charge in [-0.15, -0.1) is 0 Å². The SMILES string of the molecule is Cc1ccc(N([C@@H](C)C(=O)Nc2c(C)cccc2C(C)C)S(C)(=O)=O)cc1. The first-order chi connectivity index (χ1) is 12.5. The molecular weight excluding hydrogens is 360 g/mol. The van der Waals surface area contributed by atoms with Crippen molar-refractivity contribution in [2.45, 2.75) is 46.6 Å². The van der Waals surface area contributed by atoms with Crippen LogP contribution in [-0.4, -0.2) is 26.6 Å². The van der Waals surface area contributed by atoms with Gasteiger partial charge in [-0.2, -0.15) is 0 Å². The molecule has 0 saturated heterocycles. The lowest BCUT2D eigenvalue weighted by Gasteiger charge is -2.29. The van der Waals surface area contributed by atoms with E-state index in [2.05, 4.69) is 19.2 Å². The number of benzene rings is 2. The standard InChI is InChI=1S/C21H28N2O3S/c1-14(2)19-9-7-8-16(4)20(19)22-21(24)17(5)23(27(6,25)26)18-12-10-15(3)11-13-18/h7-14,17H,1-6H3,(H,22,24)/t17-/m0/s1. The molecule has 0 radical (unpaired) electrons. The molecule has 27 heavy (non-hydrogen) atoms. The molecule has 0 unspecified atom stereocenters. The maximum atomic E-state index is 13.0. The number of hydrogen-bond donors (Lipinski definition) is 1. The number of carbonyl (C=O) groups is 1. The topological polar surface area (TPSA) is 66.5 Å². The molecule has 2 aromatic rings. The summed E-state index contributed by atoms with van der Waals surface area (Å²) < 4.78 is 26.0. The van der Waals surface area contributed by atoms with Crippen molar-refractivity contribution in [3.63, 3.8) is 0 Å². The second-order valence-electron chi connectivity index (χ2n) is 7.25. The average molecular weight is 389 g/mol. The molecule has 0 heterocycles. The van der Waals surface area contributed by atoms with E-state index >= 15 is 0 Å². The molecule has 0 bridgehead atoms. The van der Waals surface area contributed by atoms with Gasteiger partial charge in [0.15, 0.2) is 0 Å². The molecule has 0 aliphatic rings. The molecular formula is C21H28N2O3S. The minimum Gasteiger partial charge on any atom is -0.324 e. The van der Waals surface area contributed by atoms with Gasteiger partial charge < -0.3 is 5.32 Å². The van der Waals surface area contributed by atoms with Crippen molar-refractivity contribution >= 4 is 27.3 Å². The summed E-state index contributed by atoms with van der Waals surface area (Å²) in [6.07, 6.45) is 1.12. The maximum Gasteiger partial charge on any atom is 0.248 e. The summed E-state index contributed by atoms with van der Waals surface area (Å²) in [5, 5.41) is 2.95. The second-order valence-corrected chi connectivity index (χ2v) is 9.11. The van der Waals surface area contributed by atoms with Gasteiger partial charge >= 0.3 is 0 Å². The smallest absolute Gasteiger partial charge is 0.248 e. The Morgan fingerprint density at radius 2 is 1.59 bits per heavy atom. The third-order valence-electron chi connectivity index (χ3n) is 4.55. The zero-order chi connectivity index (χ0) is 20.4. The van der Waals surface area contributed by atoms with Crippen LogP contribution in [-0.2, 0) is 14.8 Å². The molecule has 6 heteroatoms. The van der Waals surface area contributed by atoms with Crippen molar-refractivity contribution in [3.8, 4) is 0 Å². The minimum absolute atomic E-state index is 0.235. The van der Waals surface area contributed by atoms with Gasteiger partial charge in [-0.05, 0) is 49.9 Å². The number of rotatable bonds is 6. The average Bonchev–Trinajstić information content (AvgIpc) is 2.57. The van der Waals surface area contributed by atoms with Crippen LogP contribution in [0.15, 0.2) is 42.5 Å². The van der Waals surface area contributed by atoms with E-state index in [0.717, 1.165) is 32.9 Å². The lowest BCUT2D eigenvalue weighted by molar-refractivity contribution is -0.116. The largest absolute Gasteiger partial charge is 0.324 e. The summed E-state index contributed by atoms with van der Waals surface area (Å²) in [7, 11) is -3.63. The van der Waals surface area contributed by atoms with Crippen LogP contribution in [0.3, 0.4) is 0 Å². The number of aryl methyl sites for hydroxylation is 2. The highest BCUT2D eigenvalue weighted by Gasteiger charge is 2.29. The van der Waals surface area contributed by atoms with E-state index in [9.17, 15) is 13.2 Å². The molecule has 0 aromatic heterocycles. The molecule has 0 aliphatic carbocycles. The summed E-state index contributed by atoms with van der Waals surface area (Å²) >= 11 is 0. The molecule has 5 nitrogen and oxygen atoms in total. The summed E-state index contributed by atoms with van der Waals surface area (Å²) in [6, 6.07) is 12.1. The predicted molar refractivity (Wildman–Crippen MR) is 112 cm³/mol. The highest BCUT2D eigenvalue weighted by molar-refractivity contribution is 7.92. The van der Waals surface area contributed by atoms with Crippen LogP contribution in [0, 0.1) is 13.8 Å². The number of amides is 1. The molecule has 0 saturated carbocycles. The van der Waals surface area contributed by atoms with E-state index in [1.807, 2.05) is 44.2 Å². The summed E-state index contributed by atoms with van der Waals surface area (Å²) in [5.41, 5.74) is 4.21. The number of nitrogens with zero attached hydrogens (tertiary/aromatic N) is 1. The van der Waals surface area contributed by atoms with Gasteiger partial charge in [0.25, 0.3) is 0 Å². The van der Waals surface area contributed by atoms with E-state index < -0.39 is 16.1 Å². The van der Waals surface area contributed by atoms with Crippen LogP contribution in [0.1, 0.15) is 43.4 Å². The van der Waals surface area contributed by atoms with Crippen LogP contribution in [0.25, 0.3) is 0 Å². The van der Waals surface area contributed by atoms with Gasteiger partial charge in [-0.3, -0.25) is 9.10 Å². The van der Waals surface area contributed by atoms with E-state index in [1.165, 1.54) is 0 Å². The Kier molecular flexibility index (Phi) is 6.31. The van der Waals surface area contributed by atoms with Crippen molar-refractivity contribution in [3.05, 3.63) is 59.2 Å². The second kappa shape index (κ2) is 8.13. The van der Waals surface area contributed by atoms with Crippen molar-refractivity contribution in [1.82, 2.24) is 0 Å². The Morgan fingerprint density at radius 1 is 1.00 bits per heavy atom. The molecule has 0 aliphatic heterocycles. The third-order valence-corrected chi connectivity index (χ3v) is 5.79. The first-order valence-electron chi connectivity index (χ1n) is 8.98. The van der Waals surface area contributed by atoms with Gasteiger partial charge in [0.05, 0.1) is 11.9 Å². The van der Waals surface area contributed by atoms with Crippen molar-refractivity contribution in [2.24, 2.45) is 0 Å². The third kappa shape index (κ3) is 4.89. The molecule has 1 N–H and O–H groups in total. The first kappa shape index (κ1) is 21.0. The Bertz CT molecular complexity index is 919. The first-order valence-corrected chi connectivity index (χ1v) is 10.8. The quantitative estimate of drug-likeness (QED) is 0.806. The molecule has 2 rings (SSSR count). The normalized spacial score (nSPS) is 12.7. The Balaban J connectivity index is 2.38. The minimum atomic E-state index is -3.63. The number of anilines is 2. The number of hydrogen-bond acceptors (Lipinski definition) is 3. The summed E-state index contributed by atoms with van der Waals surface area (Å²) in [6.45, 7) is 9.58. The van der Waals surface area contributed by atoms with Crippen LogP contribution in [0.2, 0.25) is 0 Å². The Morgan fingerprint density at radius 3 is 2.11 bits per heavy atom. The number of sulfonamides is 1. The summed E-state index contributed by atoms with van der Waals surface area (Å²) in [4.78, 5) is 13.0. The lowest BCUT2D eigenvalue weighted by Crippen LogP contribution is -2.45. The highest BCUT2D eigenvalue weighted by atomic mass is 32.2. The molecule has 0 fully saturated rings. The van der Waals surface area contributed by atoms with Gasteiger partial charge in [-0.25, -0.2) is 8.42 Å². The Labute approximate surface area is 162 Å². The van der Waals surface area contributed by atoms with Crippen molar-refractivity contribution in [2.75, 3.05) is 15.9 Å².